The topological polar surface area (TPSA) is 119 Å². The Kier molecular flexibility index (Phi) is 7.11. The van der Waals surface area contributed by atoms with E-state index in [1.807, 2.05) is 27.7 Å². The normalized spacial score (nSPS) is 24.1. The van der Waals surface area contributed by atoms with Crippen LogP contribution in [0.2, 0.25) is 5.02 Å². The second-order valence-electron chi connectivity index (χ2n) is 11.1. The van der Waals surface area contributed by atoms with Crippen molar-refractivity contribution in [3.63, 3.8) is 0 Å². The van der Waals surface area contributed by atoms with Gasteiger partial charge < -0.3 is 29.2 Å². The molecule has 3 aliphatic rings. The molecule has 3 fully saturated rings. The van der Waals surface area contributed by atoms with Crippen molar-refractivity contribution >= 4 is 29.2 Å². The van der Waals surface area contributed by atoms with E-state index < -0.39 is 11.4 Å². The van der Waals surface area contributed by atoms with Crippen molar-refractivity contribution in [3.05, 3.63) is 40.7 Å². The van der Waals surface area contributed by atoms with Crippen LogP contribution >= 0.6 is 11.6 Å². The molecule has 38 heavy (non-hydrogen) atoms. The first-order valence-corrected chi connectivity index (χ1v) is 13.1. The third-order valence-electron chi connectivity index (χ3n) is 7.09. The minimum absolute atomic E-state index is 0.0353. The van der Waals surface area contributed by atoms with E-state index in [1.165, 1.54) is 6.33 Å². The molecule has 1 N–H and O–H groups in total. The van der Waals surface area contributed by atoms with Crippen molar-refractivity contribution in [2.45, 2.75) is 58.0 Å². The van der Waals surface area contributed by atoms with Crippen LogP contribution in [-0.4, -0.2) is 64.8 Å². The highest BCUT2D eigenvalue weighted by molar-refractivity contribution is 6.33. The lowest BCUT2D eigenvalue weighted by atomic mass is 9.72. The summed E-state index contributed by atoms with van der Waals surface area (Å²) in [6, 6.07) is 7.09. The zero-order valence-corrected chi connectivity index (χ0v) is 22.7. The summed E-state index contributed by atoms with van der Waals surface area (Å²) in [7, 11) is 0. The number of carbonyl (C=O) groups excluding carboxylic acids is 1. The lowest BCUT2D eigenvalue weighted by molar-refractivity contribution is -0.226. The lowest BCUT2D eigenvalue weighted by Crippen LogP contribution is -2.61. The second-order valence-corrected chi connectivity index (χ2v) is 11.5. The van der Waals surface area contributed by atoms with Crippen LogP contribution < -0.4 is 10.1 Å². The summed E-state index contributed by atoms with van der Waals surface area (Å²) in [5, 5.41) is 12.7. The number of fused-ring (bicyclic) bond motifs is 2. The molecule has 202 valence electrons. The quantitative estimate of drug-likeness (QED) is 0.580. The van der Waals surface area contributed by atoms with Gasteiger partial charge in [-0.3, -0.25) is 0 Å². The van der Waals surface area contributed by atoms with Gasteiger partial charge in [0, 0.05) is 37.8 Å². The molecule has 1 amide bonds. The molecular weight excluding hydrogens is 510 g/mol. The molecular formula is C27H32ClN5O5. The maximum absolute atomic E-state index is 12.9. The van der Waals surface area contributed by atoms with Gasteiger partial charge in [0.15, 0.2) is 5.79 Å². The third kappa shape index (κ3) is 5.51. The van der Waals surface area contributed by atoms with Gasteiger partial charge in [0.2, 0.25) is 5.88 Å². The Morgan fingerprint density at radius 2 is 1.89 bits per heavy atom. The van der Waals surface area contributed by atoms with E-state index in [0.717, 1.165) is 5.56 Å². The Balaban J connectivity index is 1.36. The molecule has 5 rings (SSSR count). The summed E-state index contributed by atoms with van der Waals surface area (Å²) in [5.74, 6) is 0.312. The van der Waals surface area contributed by atoms with Crippen LogP contribution in [0.4, 0.5) is 16.3 Å². The van der Waals surface area contributed by atoms with Gasteiger partial charge in [-0.15, -0.1) is 0 Å². The van der Waals surface area contributed by atoms with Crippen LogP contribution in [0.1, 0.15) is 44.7 Å². The highest BCUT2D eigenvalue weighted by Crippen LogP contribution is 2.46. The molecule has 1 aliphatic carbocycles. The molecule has 2 aromatic rings. The number of piperidine rings is 1. The van der Waals surface area contributed by atoms with Crippen LogP contribution in [0.3, 0.4) is 0 Å². The summed E-state index contributed by atoms with van der Waals surface area (Å²) in [6.07, 6.45) is 2.16. The number of anilines is 2. The second kappa shape index (κ2) is 10.2. The standard InChI is InChI=1S/C27H32ClN5O5/c1-16-23(32-21-6-5-17(12-29)9-20(21)28)30-15-31-24(16)37-22-18-10-27(35-7-8-36-27)11-19(22)14-33(13-18)25(34)38-26(2,3)4/h5-6,9,15,18-19,22H,7-8,10-11,13-14H2,1-4H3,(H,30,31,32). The van der Waals surface area contributed by atoms with Crippen LogP contribution in [-0.2, 0) is 14.2 Å². The Morgan fingerprint density at radius 1 is 1.21 bits per heavy atom. The lowest BCUT2D eigenvalue weighted by Gasteiger charge is -2.51. The first-order chi connectivity index (χ1) is 18.1. The fourth-order valence-corrected chi connectivity index (χ4v) is 5.73. The van der Waals surface area contributed by atoms with E-state index in [2.05, 4.69) is 21.4 Å². The van der Waals surface area contributed by atoms with Gasteiger partial charge in [-0.25, -0.2) is 14.8 Å². The fraction of sp³-hybridized carbons (Fsp3) is 0.556. The maximum Gasteiger partial charge on any atom is 0.410 e. The number of nitriles is 1. The van der Waals surface area contributed by atoms with Gasteiger partial charge in [-0.2, -0.15) is 5.26 Å². The van der Waals surface area contributed by atoms with Gasteiger partial charge in [-0.05, 0) is 45.9 Å². The van der Waals surface area contributed by atoms with E-state index in [1.54, 1.807) is 23.1 Å². The molecule has 2 bridgehead atoms. The van der Waals surface area contributed by atoms with Gasteiger partial charge >= 0.3 is 6.09 Å². The number of nitrogens with one attached hydrogen (secondary N) is 1. The summed E-state index contributed by atoms with van der Waals surface area (Å²) >= 11 is 6.35. The zero-order chi connectivity index (χ0) is 27.1. The van der Waals surface area contributed by atoms with Crippen molar-refractivity contribution in [2.24, 2.45) is 11.8 Å². The van der Waals surface area contributed by atoms with Crippen LogP contribution in [0.5, 0.6) is 5.88 Å². The molecule has 10 nitrogen and oxygen atoms in total. The van der Waals surface area contributed by atoms with E-state index in [4.69, 9.17) is 35.8 Å². The van der Waals surface area contributed by atoms with Gasteiger partial charge in [0.05, 0.1) is 41.1 Å². The largest absolute Gasteiger partial charge is 0.473 e. The summed E-state index contributed by atoms with van der Waals surface area (Å²) < 4.78 is 24.3. The minimum Gasteiger partial charge on any atom is -0.473 e. The molecule has 2 unspecified atom stereocenters. The maximum atomic E-state index is 12.9. The van der Waals surface area contributed by atoms with E-state index in [-0.39, 0.29) is 24.0 Å². The van der Waals surface area contributed by atoms with Crippen molar-refractivity contribution in [3.8, 4) is 11.9 Å². The first kappa shape index (κ1) is 26.5. The molecule has 1 aromatic heterocycles. The highest BCUT2D eigenvalue weighted by Gasteiger charge is 2.54. The third-order valence-corrected chi connectivity index (χ3v) is 7.40. The number of aromatic nitrogens is 2. The molecule has 2 saturated heterocycles. The molecule has 3 heterocycles. The van der Waals surface area contributed by atoms with Crippen LogP contribution in [0, 0.1) is 30.1 Å². The first-order valence-electron chi connectivity index (χ1n) is 12.8. The number of hydrogen-bond donors (Lipinski definition) is 1. The molecule has 1 saturated carbocycles. The van der Waals surface area contributed by atoms with Crippen LogP contribution in [0.25, 0.3) is 0 Å². The molecule has 2 atom stereocenters. The number of halogens is 1. The van der Waals surface area contributed by atoms with E-state index in [0.29, 0.717) is 67.1 Å². The minimum atomic E-state index is -0.630. The van der Waals surface area contributed by atoms with Gasteiger partial charge in [-0.1, -0.05) is 11.6 Å². The zero-order valence-electron chi connectivity index (χ0n) is 22.0. The smallest absolute Gasteiger partial charge is 0.410 e. The summed E-state index contributed by atoms with van der Waals surface area (Å²) in [4.78, 5) is 23.5. The summed E-state index contributed by atoms with van der Waals surface area (Å²) in [5.41, 5.74) is 1.25. The average molecular weight is 542 g/mol. The molecule has 1 spiro atoms. The van der Waals surface area contributed by atoms with Crippen molar-refractivity contribution in [1.29, 1.82) is 5.26 Å². The Morgan fingerprint density at radius 3 is 2.50 bits per heavy atom. The van der Waals surface area contributed by atoms with Crippen molar-refractivity contribution in [1.82, 2.24) is 14.9 Å². The van der Waals surface area contributed by atoms with Gasteiger partial charge in [0.1, 0.15) is 23.9 Å². The molecule has 0 radical (unpaired) electrons. The van der Waals surface area contributed by atoms with E-state index in [9.17, 15) is 4.79 Å². The molecule has 1 aromatic carbocycles. The predicted molar refractivity (Wildman–Crippen MR) is 139 cm³/mol. The number of ether oxygens (including phenoxy) is 4. The highest BCUT2D eigenvalue weighted by atomic mass is 35.5. The molecule has 2 aliphatic heterocycles. The van der Waals surface area contributed by atoms with Crippen molar-refractivity contribution < 1.29 is 23.7 Å². The fourth-order valence-electron chi connectivity index (χ4n) is 5.50. The predicted octanol–water partition coefficient (Wildman–Crippen LogP) is 4.82. The van der Waals surface area contributed by atoms with Gasteiger partial charge in [0.25, 0.3) is 0 Å². The van der Waals surface area contributed by atoms with Crippen molar-refractivity contribution in [2.75, 3.05) is 31.6 Å². The molecule has 11 heteroatoms. The average Bonchev–Trinajstić information content (AvgIpc) is 3.29. The number of benzene rings is 1. The number of rotatable bonds is 4. The van der Waals surface area contributed by atoms with E-state index >= 15 is 0 Å². The number of carbonyl (C=O) groups is 1. The number of nitrogens with zero attached hydrogens (tertiary/aromatic N) is 4. The Labute approximate surface area is 227 Å². The number of likely N-dealkylation sites (tertiary alicyclic amines) is 1. The SMILES string of the molecule is Cc1c(Nc2ccc(C#N)cc2Cl)ncnc1OC1C2CN(C(=O)OC(C)(C)C)CC1CC1(C2)OCCO1. The number of amides is 1. The number of hydrogen-bond acceptors (Lipinski definition) is 9. The Bertz CT molecular complexity index is 1240. The Hall–Kier alpha value is -3.13. The monoisotopic (exact) mass is 541 g/mol. The van der Waals surface area contributed by atoms with Crippen LogP contribution in [0.15, 0.2) is 24.5 Å². The summed E-state index contributed by atoms with van der Waals surface area (Å²) in [6.45, 7) is 9.56.